The predicted molar refractivity (Wildman–Crippen MR) is 148 cm³/mol. The molecule has 0 radical (unpaired) electrons. The second-order valence-electron chi connectivity index (χ2n) is 9.93. The van der Waals surface area contributed by atoms with Gasteiger partial charge in [0, 0.05) is 17.2 Å². The van der Waals surface area contributed by atoms with Crippen LogP contribution in [-0.4, -0.2) is 36.7 Å². The molecule has 204 valence electrons. The molecule has 6 nitrogen and oxygen atoms in total. The number of carboxylic acid groups (broad SMARTS) is 1. The van der Waals surface area contributed by atoms with Gasteiger partial charge in [-0.15, -0.1) is 0 Å². The predicted octanol–water partition coefficient (Wildman–Crippen LogP) is 7.20. The van der Waals surface area contributed by atoms with Crippen molar-refractivity contribution < 1.29 is 29.0 Å². The van der Waals surface area contributed by atoms with E-state index < -0.39 is 5.97 Å². The van der Waals surface area contributed by atoms with E-state index in [2.05, 4.69) is 25.7 Å². The summed E-state index contributed by atoms with van der Waals surface area (Å²) in [5, 5.41) is 9.45. The number of allylic oxidation sites excluding steroid dienone is 7. The van der Waals surface area contributed by atoms with Crippen LogP contribution in [0.25, 0.3) is 0 Å². The zero-order valence-corrected chi connectivity index (χ0v) is 23.2. The first-order valence-electron chi connectivity index (χ1n) is 13.0. The topological polar surface area (TPSA) is 89.9 Å². The second kappa shape index (κ2) is 17.3. The molecular formula is C31H44O6. The minimum Gasteiger partial charge on any atom is -0.478 e. The Balaban J connectivity index is 2.66. The summed E-state index contributed by atoms with van der Waals surface area (Å²) in [6.45, 7) is 12.6. The molecule has 1 rings (SSSR count). The minimum absolute atomic E-state index is 0.223. The van der Waals surface area contributed by atoms with E-state index in [-0.39, 0.29) is 17.9 Å². The number of carboxylic acids is 1. The summed E-state index contributed by atoms with van der Waals surface area (Å²) in [5.74, 6) is -1.26. The number of rotatable bonds is 17. The Morgan fingerprint density at radius 1 is 1.03 bits per heavy atom. The van der Waals surface area contributed by atoms with Crippen LogP contribution in [0.2, 0.25) is 0 Å². The molecule has 1 aliphatic heterocycles. The van der Waals surface area contributed by atoms with Crippen molar-refractivity contribution in [2.45, 2.75) is 85.5 Å². The fraction of sp³-hybridized carbons (Fsp3) is 0.516. The van der Waals surface area contributed by atoms with Crippen LogP contribution in [0.4, 0.5) is 0 Å². The Bertz CT molecular complexity index is 970. The maximum Gasteiger partial charge on any atom is 0.333 e. The Labute approximate surface area is 222 Å². The van der Waals surface area contributed by atoms with Gasteiger partial charge in [-0.25, -0.2) is 14.4 Å². The molecule has 0 aromatic carbocycles. The quantitative estimate of drug-likeness (QED) is 0.126. The van der Waals surface area contributed by atoms with E-state index in [0.717, 1.165) is 36.8 Å². The molecule has 37 heavy (non-hydrogen) atoms. The van der Waals surface area contributed by atoms with Gasteiger partial charge in [0.2, 0.25) is 0 Å². The van der Waals surface area contributed by atoms with Gasteiger partial charge in [-0.05, 0) is 97.0 Å². The lowest BCUT2D eigenvalue weighted by Gasteiger charge is -2.16. The van der Waals surface area contributed by atoms with E-state index in [1.54, 1.807) is 0 Å². The summed E-state index contributed by atoms with van der Waals surface area (Å²) in [5.41, 5.74) is 5.51. The summed E-state index contributed by atoms with van der Waals surface area (Å²) < 4.78 is 9.90. The maximum atomic E-state index is 12.3. The molecule has 0 aromatic rings. The normalized spacial score (nSPS) is 15.1. The van der Waals surface area contributed by atoms with Gasteiger partial charge in [0.25, 0.3) is 0 Å². The zero-order chi connectivity index (χ0) is 27.8. The Morgan fingerprint density at radius 2 is 1.70 bits per heavy atom. The third-order valence-electron chi connectivity index (χ3n) is 6.41. The monoisotopic (exact) mass is 512 g/mol. The van der Waals surface area contributed by atoms with Crippen molar-refractivity contribution in [3.05, 3.63) is 70.4 Å². The highest BCUT2D eigenvalue weighted by Gasteiger charge is 2.16. The van der Waals surface area contributed by atoms with Crippen LogP contribution < -0.4 is 0 Å². The van der Waals surface area contributed by atoms with Gasteiger partial charge in [0.15, 0.2) is 0 Å². The van der Waals surface area contributed by atoms with E-state index in [1.165, 1.54) is 24.3 Å². The summed E-state index contributed by atoms with van der Waals surface area (Å²) in [4.78, 5) is 35.0. The number of hydrogen-bond donors (Lipinski definition) is 1. The maximum absolute atomic E-state index is 12.3. The molecule has 0 spiro atoms. The van der Waals surface area contributed by atoms with Crippen LogP contribution in [0.1, 0.15) is 85.5 Å². The molecule has 1 heterocycles. The lowest BCUT2D eigenvalue weighted by atomic mass is 9.89. The molecule has 0 fully saturated rings. The highest BCUT2D eigenvalue weighted by Crippen LogP contribution is 2.25. The lowest BCUT2D eigenvalue weighted by molar-refractivity contribution is -0.136. The molecule has 0 amide bonds. The van der Waals surface area contributed by atoms with E-state index >= 15 is 0 Å². The van der Waals surface area contributed by atoms with Crippen molar-refractivity contribution in [3.8, 4) is 0 Å². The number of carbonyl (C=O) groups excluding carboxylic acids is 2. The first-order valence-corrected chi connectivity index (χ1v) is 13.0. The molecule has 1 unspecified atom stereocenters. The molecule has 1 N–H and O–H groups in total. The molecule has 0 bridgehead atoms. The van der Waals surface area contributed by atoms with Crippen LogP contribution in [0.5, 0.6) is 0 Å². The molecule has 0 aliphatic carbocycles. The summed E-state index contributed by atoms with van der Waals surface area (Å²) in [6.07, 6.45) is 15.8. The van der Waals surface area contributed by atoms with Gasteiger partial charge in [-0.2, -0.15) is 0 Å². The summed E-state index contributed by atoms with van der Waals surface area (Å²) in [7, 11) is 1.39. The fourth-order valence-corrected chi connectivity index (χ4v) is 4.04. The Morgan fingerprint density at radius 3 is 2.27 bits per heavy atom. The average Bonchev–Trinajstić information content (AvgIpc) is 3.25. The van der Waals surface area contributed by atoms with Crippen molar-refractivity contribution in [2.75, 3.05) is 13.7 Å². The smallest absolute Gasteiger partial charge is 0.333 e. The number of ether oxygens (including phenoxy) is 2. The van der Waals surface area contributed by atoms with Crippen LogP contribution in [-0.2, 0) is 23.9 Å². The molecule has 1 aliphatic rings. The summed E-state index contributed by atoms with van der Waals surface area (Å²) >= 11 is 0. The first-order chi connectivity index (χ1) is 17.5. The van der Waals surface area contributed by atoms with Gasteiger partial charge in [0.1, 0.15) is 6.61 Å². The Hall–Kier alpha value is -3.15. The van der Waals surface area contributed by atoms with Crippen molar-refractivity contribution in [1.82, 2.24) is 0 Å². The Kier molecular flexibility index (Phi) is 14.9. The van der Waals surface area contributed by atoms with Gasteiger partial charge < -0.3 is 14.6 Å². The van der Waals surface area contributed by atoms with Gasteiger partial charge in [-0.1, -0.05) is 47.6 Å². The van der Waals surface area contributed by atoms with Gasteiger partial charge in [0.05, 0.1) is 7.11 Å². The van der Waals surface area contributed by atoms with E-state index in [1.807, 2.05) is 32.9 Å². The highest BCUT2D eigenvalue weighted by molar-refractivity contribution is 5.88. The van der Waals surface area contributed by atoms with Crippen LogP contribution >= 0.6 is 0 Å². The number of carbonyl (C=O) groups is 3. The third-order valence-corrected chi connectivity index (χ3v) is 6.41. The highest BCUT2D eigenvalue weighted by atomic mass is 16.5. The van der Waals surface area contributed by atoms with Gasteiger partial charge in [-0.3, -0.25) is 0 Å². The van der Waals surface area contributed by atoms with E-state index in [4.69, 9.17) is 9.47 Å². The largest absolute Gasteiger partial charge is 0.478 e. The number of cyclic esters (lactones) is 1. The molecule has 0 aromatic heterocycles. The molecular weight excluding hydrogens is 468 g/mol. The fourth-order valence-electron chi connectivity index (χ4n) is 4.04. The van der Waals surface area contributed by atoms with Crippen molar-refractivity contribution in [3.63, 3.8) is 0 Å². The number of esters is 2. The van der Waals surface area contributed by atoms with Crippen molar-refractivity contribution >= 4 is 17.9 Å². The molecule has 1 atom stereocenters. The average molecular weight is 513 g/mol. The number of aliphatic carboxylic acids is 1. The number of methoxy groups -OCH3 is 1. The third kappa shape index (κ3) is 13.7. The summed E-state index contributed by atoms with van der Waals surface area (Å²) in [6, 6.07) is 0. The van der Waals surface area contributed by atoms with Crippen LogP contribution in [0.15, 0.2) is 70.4 Å². The van der Waals surface area contributed by atoms with E-state index in [0.29, 0.717) is 49.9 Å². The molecule has 0 saturated heterocycles. The second-order valence-corrected chi connectivity index (χ2v) is 9.93. The van der Waals surface area contributed by atoms with Crippen molar-refractivity contribution in [1.29, 1.82) is 0 Å². The minimum atomic E-state index is -0.845. The zero-order valence-electron chi connectivity index (χ0n) is 23.2. The molecule has 0 saturated carbocycles. The van der Waals surface area contributed by atoms with E-state index in [9.17, 15) is 19.5 Å². The van der Waals surface area contributed by atoms with Crippen LogP contribution in [0, 0.1) is 5.92 Å². The molecule has 6 heteroatoms. The number of hydrogen-bond acceptors (Lipinski definition) is 5. The van der Waals surface area contributed by atoms with Crippen molar-refractivity contribution in [2.24, 2.45) is 5.92 Å². The van der Waals surface area contributed by atoms with Gasteiger partial charge >= 0.3 is 17.9 Å². The lowest BCUT2D eigenvalue weighted by Crippen LogP contribution is -2.08. The van der Waals surface area contributed by atoms with Crippen LogP contribution in [0.3, 0.4) is 0 Å². The standard InChI is InChI=1S/C31H44O6/c1-22(2)10-7-13-27(30(33)34)14-8-11-24(5)16-17-26(23(3)4)18-19-28(31(35)36-6)15-9-12-25-20-29(32)37-21-25/h10,14-16,20,26H,3,7-9,11-13,17-19,21H2,1-2,4-6H3,(H,33,34)/b24-16+,27-14-,28-15-. The SMILES string of the molecule is C=C(C)C(C/C=C(\C)CC/C=C(/CCC=C(C)C)C(=O)O)CC/C(=C/CCC1=CC(=O)OC1)C(=O)OC. The first kappa shape index (κ1) is 31.9.